The lowest BCUT2D eigenvalue weighted by atomic mass is 10.1. The quantitative estimate of drug-likeness (QED) is 0.374. The van der Waals surface area contributed by atoms with Crippen molar-refractivity contribution in [3.63, 3.8) is 0 Å². The van der Waals surface area contributed by atoms with E-state index in [0.29, 0.717) is 0 Å². The molecule has 0 spiro atoms. The second-order valence-electron chi connectivity index (χ2n) is 4.09. The van der Waals surface area contributed by atoms with Crippen LogP contribution in [0.5, 0.6) is 0 Å². The van der Waals surface area contributed by atoms with Crippen molar-refractivity contribution >= 4 is 11.5 Å². The summed E-state index contributed by atoms with van der Waals surface area (Å²) in [7, 11) is 0. The molecule has 1 aromatic heterocycles. The lowest BCUT2D eigenvalue weighted by Gasteiger charge is -2.15. The molecule has 19 heavy (non-hydrogen) atoms. The van der Waals surface area contributed by atoms with Gasteiger partial charge in [-0.05, 0) is 5.53 Å². The molecule has 0 radical (unpaired) electrons. The topological polar surface area (TPSA) is 165 Å². The lowest BCUT2D eigenvalue weighted by molar-refractivity contribution is -0.0269. The van der Waals surface area contributed by atoms with Crippen molar-refractivity contribution in [1.82, 2.24) is 9.55 Å². The summed E-state index contributed by atoms with van der Waals surface area (Å²) in [4.78, 5) is 17.9. The van der Waals surface area contributed by atoms with Crippen LogP contribution < -0.4 is 17.2 Å². The van der Waals surface area contributed by atoms with Gasteiger partial charge in [0.25, 0.3) is 0 Å². The Morgan fingerprint density at radius 2 is 2.42 bits per heavy atom. The molecule has 2 heterocycles. The third-order valence-corrected chi connectivity index (χ3v) is 2.91. The predicted octanol–water partition coefficient (Wildman–Crippen LogP) is -0.634. The first kappa shape index (κ1) is 13.1. The van der Waals surface area contributed by atoms with Gasteiger partial charge in [0.05, 0.1) is 24.4 Å². The largest absolute Gasteiger partial charge is 0.395 e. The summed E-state index contributed by atoms with van der Waals surface area (Å²) in [6.07, 6.45) is 0.213. The summed E-state index contributed by atoms with van der Waals surface area (Å²) in [6, 6.07) is -0.550. The highest BCUT2D eigenvalue weighted by Gasteiger charge is 2.35. The van der Waals surface area contributed by atoms with Crippen molar-refractivity contribution in [1.29, 1.82) is 0 Å². The first-order chi connectivity index (χ1) is 9.06. The van der Waals surface area contributed by atoms with Gasteiger partial charge in [-0.25, -0.2) is 4.79 Å². The van der Waals surface area contributed by atoms with E-state index in [-0.39, 0.29) is 24.5 Å². The van der Waals surface area contributed by atoms with Crippen LogP contribution >= 0.6 is 0 Å². The summed E-state index contributed by atoms with van der Waals surface area (Å²) < 4.78 is 6.62. The Morgan fingerprint density at radius 1 is 1.68 bits per heavy atom. The summed E-state index contributed by atoms with van der Waals surface area (Å²) in [5.74, 6) is -0.0513. The number of nitrogen functional groups attached to an aromatic ring is 2. The van der Waals surface area contributed by atoms with E-state index in [4.69, 9.17) is 26.8 Å². The molecule has 10 nitrogen and oxygen atoms in total. The van der Waals surface area contributed by atoms with Gasteiger partial charge in [-0.3, -0.25) is 4.57 Å². The summed E-state index contributed by atoms with van der Waals surface area (Å²) in [6.45, 7) is -0.313. The second kappa shape index (κ2) is 5.14. The molecule has 1 aromatic rings. The van der Waals surface area contributed by atoms with Crippen molar-refractivity contribution in [2.45, 2.75) is 24.8 Å². The molecule has 0 bridgehead atoms. The summed E-state index contributed by atoms with van der Waals surface area (Å²) in [5, 5.41) is 12.7. The van der Waals surface area contributed by atoms with Crippen LogP contribution in [-0.2, 0) is 4.74 Å². The van der Waals surface area contributed by atoms with E-state index in [1.54, 1.807) is 0 Å². The molecular formula is C9H13N7O3. The third kappa shape index (κ3) is 2.45. The van der Waals surface area contributed by atoms with Crippen molar-refractivity contribution in [2.75, 3.05) is 18.1 Å². The number of anilines is 2. The summed E-state index contributed by atoms with van der Waals surface area (Å²) in [5.41, 5.74) is 19.0. The number of aliphatic hydroxyl groups is 1. The van der Waals surface area contributed by atoms with Gasteiger partial charge in [-0.1, -0.05) is 5.11 Å². The minimum atomic E-state index is -0.699. The average Bonchev–Trinajstić information content (AvgIpc) is 2.77. The molecule has 0 aliphatic carbocycles. The van der Waals surface area contributed by atoms with Gasteiger partial charge in [-0.2, -0.15) is 4.98 Å². The van der Waals surface area contributed by atoms with Gasteiger partial charge in [0.1, 0.15) is 6.23 Å². The summed E-state index contributed by atoms with van der Waals surface area (Å²) >= 11 is 0. The zero-order valence-electron chi connectivity index (χ0n) is 9.88. The van der Waals surface area contributed by atoms with E-state index in [9.17, 15) is 4.79 Å². The van der Waals surface area contributed by atoms with Crippen LogP contribution in [0.2, 0.25) is 0 Å². The Hall–Kier alpha value is -2.29. The minimum absolute atomic E-state index is 0.0513. The standard InChI is InChI=1S/C9H13N7O3/c10-4-2-16(9(18)13-8(4)11)7-1-5(14-15-12)6(3-17)19-7/h2,5-7,17H,1,3,10H2,(H2,11,13,18). The molecular weight excluding hydrogens is 254 g/mol. The van der Waals surface area contributed by atoms with Crippen LogP contribution in [0.4, 0.5) is 11.5 Å². The highest BCUT2D eigenvalue weighted by molar-refractivity contribution is 5.55. The number of azide groups is 1. The Bertz CT molecular complexity index is 580. The number of nitrogens with two attached hydrogens (primary N) is 2. The first-order valence-electron chi connectivity index (χ1n) is 5.51. The molecule has 0 aromatic carbocycles. The Balaban J connectivity index is 2.32. The number of aliphatic hydroxyl groups excluding tert-OH is 1. The third-order valence-electron chi connectivity index (χ3n) is 2.91. The zero-order chi connectivity index (χ0) is 14.0. The van der Waals surface area contributed by atoms with Crippen molar-refractivity contribution in [3.8, 4) is 0 Å². The average molecular weight is 267 g/mol. The number of rotatable bonds is 3. The van der Waals surface area contributed by atoms with E-state index in [2.05, 4.69) is 15.0 Å². The van der Waals surface area contributed by atoms with Crippen molar-refractivity contribution < 1.29 is 9.84 Å². The molecule has 3 atom stereocenters. The molecule has 102 valence electrons. The van der Waals surface area contributed by atoms with Crippen LogP contribution in [0, 0.1) is 0 Å². The molecule has 5 N–H and O–H groups in total. The van der Waals surface area contributed by atoms with Crippen molar-refractivity contribution in [3.05, 3.63) is 27.1 Å². The number of hydrogen-bond donors (Lipinski definition) is 3. The molecule has 10 heteroatoms. The van der Waals surface area contributed by atoms with Crippen LogP contribution in [-0.4, -0.2) is 33.4 Å². The van der Waals surface area contributed by atoms with Crippen LogP contribution in [0.25, 0.3) is 10.4 Å². The van der Waals surface area contributed by atoms with Gasteiger partial charge in [-0.15, -0.1) is 0 Å². The maximum Gasteiger partial charge on any atom is 0.351 e. The van der Waals surface area contributed by atoms with Crippen molar-refractivity contribution in [2.24, 2.45) is 5.11 Å². The Morgan fingerprint density at radius 3 is 3.05 bits per heavy atom. The molecule has 1 aliphatic rings. The maximum absolute atomic E-state index is 11.7. The highest BCUT2D eigenvalue weighted by Crippen LogP contribution is 2.30. The predicted molar refractivity (Wildman–Crippen MR) is 65.9 cm³/mol. The normalized spacial score (nSPS) is 26.1. The van der Waals surface area contributed by atoms with E-state index in [1.165, 1.54) is 10.8 Å². The number of aromatic nitrogens is 2. The van der Waals surface area contributed by atoms with Crippen LogP contribution in [0.1, 0.15) is 12.6 Å². The first-order valence-corrected chi connectivity index (χ1v) is 5.51. The Labute approximate surface area is 107 Å². The molecule has 0 amide bonds. The van der Waals surface area contributed by atoms with Crippen LogP contribution in [0.15, 0.2) is 16.1 Å². The van der Waals surface area contributed by atoms with Gasteiger partial charge in [0.2, 0.25) is 0 Å². The maximum atomic E-state index is 11.7. The minimum Gasteiger partial charge on any atom is -0.395 e. The molecule has 2 rings (SSSR count). The molecule has 0 saturated carbocycles. The van der Waals surface area contributed by atoms with Gasteiger partial charge in [0.15, 0.2) is 5.82 Å². The second-order valence-corrected chi connectivity index (χ2v) is 4.09. The smallest absolute Gasteiger partial charge is 0.351 e. The fourth-order valence-electron chi connectivity index (χ4n) is 1.94. The van der Waals surface area contributed by atoms with Gasteiger partial charge < -0.3 is 21.3 Å². The van der Waals surface area contributed by atoms with E-state index in [0.717, 1.165) is 0 Å². The number of hydrogen-bond acceptors (Lipinski definition) is 7. The fourth-order valence-corrected chi connectivity index (χ4v) is 1.94. The Kier molecular flexibility index (Phi) is 3.56. The molecule has 1 aliphatic heterocycles. The lowest BCUT2D eigenvalue weighted by Crippen LogP contribution is -2.28. The van der Waals surface area contributed by atoms with E-state index in [1.807, 2.05) is 0 Å². The van der Waals surface area contributed by atoms with E-state index >= 15 is 0 Å². The van der Waals surface area contributed by atoms with Gasteiger partial charge in [0, 0.05) is 17.5 Å². The van der Waals surface area contributed by atoms with Crippen LogP contribution in [0.3, 0.4) is 0 Å². The number of ether oxygens (including phenoxy) is 1. The van der Waals surface area contributed by atoms with Gasteiger partial charge >= 0.3 is 5.69 Å². The molecule has 3 unspecified atom stereocenters. The molecule has 1 saturated heterocycles. The van der Waals surface area contributed by atoms with E-state index < -0.39 is 24.1 Å². The monoisotopic (exact) mass is 267 g/mol. The zero-order valence-corrected chi connectivity index (χ0v) is 9.88. The fraction of sp³-hybridized carbons (Fsp3) is 0.556. The highest BCUT2D eigenvalue weighted by atomic mass is 16.5. The number of nitrogens with zero attached hydrogens (tertiary/aromatic N) is 5. The SMILES string of the molecule is [N-]=[N+]=NC1CC(n2cc(N)c(N)nc2=O)OC1CO. The molecule has 1 fully saturated rings.